The van der Waals surface area contributed by atoms with Crippen molar-refractivity contribution in [2.75, 3.05) is 5.43 Å². The molecule has 0 saturated heterocycles. The van der Waals surface area contributed by atoms with E-state index in [1.165, 1.54) is 11.8 Å². The number of hydrogen-bond donors (Lipinski definition) is 1. The summed E-state index contributed by atoms with van der Waals surface area (Å²) in [6.45, 7) is 6.32. The average Bonchev–Trinajstić information content (AvgIpc) is 3.11. The second-order valence-electron chi connectivity index (χ2n) is 7.68. The fraction of sp³-hybridized carbons (Fsp3) is 0.286. The number of fused-ring (bicyclic) bond motifs is 1. The third-order valence-electron chi connectivity index (χ3n) is 4.58. The lowest BCUT2D eigenvalue weighted by molar-refractivity contribution is 0.0980. The molecule has 27 heavy (non-hydrogen) atoms. The molecule has 1 N–H and O–H groups in total. The first-order valence-corrected chi connectivity index (χ1v) is 9.86. The third kappa shape index (κ3) is 3.37. The minimum Gasteiger partial charge on any atom is -0.313 e. The number of carbonyl (C=O) groups excluding carboxylic acids is 1. The lowest BCUT2D eigenvalue weighted by atomic mass is 9.95. The Morgan fingerprint density at radius 2 is 1.63 bits per heavy atom. The van der Waals surface area contributed by atoms with Crippen LogP contribution in [0.25, 0.3) is 0 Å². The molecule has 4 rings (SSSR count). The van der Waals surface area contributed by atoms with Gasteiger partial charge in [0.15, 0.2) is 11.6 Å². The van der Waals surface area contributed by atoms with Gasteiger partial charge in [-0.15, -0.1) is 10.2 Å². The first-order valence-electron chi connectivity index (χ1n) is 8.98. The van der Waals surface area contributed by atoms with Crippen molar-refractivity contribution in [2.45, 2.75) is 42.6 Å². The van der Waals surface area contributed by atoms with Gasteiger partial charge in [-0.2, -0.15) is 0 Å². The molecule has 138 valence electrons. The number of Topliss-reactive ketones (excluding diaryl/α,β-unsaturated/α-hetero) is 1. The van der Waals surface area contributed by atoms with Crippen LogP contribution in [0.4, 0.5) is 0 Å². The van der Waals surface area contributed by atoms with E-state index in [9.17, 15) is 4.79 Å². The maximum atomic E-state index is 13.3. The quantitative estimate of drug-likeness (QED) is 0.692. The number of nitrogens with zero attached hydrogens (tertiary/aromatic N) is 3. The number of hydrogen-bond acceptors (Lipinski definition) is 5. The molecule has 6 heteroatoms. The van der Waals surface area contributed by atoms with Crippen LogP contribution in [-0.2, 0) is 5.41 Å². The van der Waals surface area contributed by atoms with Gasteiger partial charge < -0.3 is 5.43 Å². The number of benzene rings is 2. The van der Waals surface area contributed by atoms with Gasteiger partial charge in [-0.1, -0.05) is 93.2 Å². The van der Waals surface area contributed by atoms with E-state index in [4.69, 9.17) is 0 Å². The van der Waals surface area contributed by atoms with Gasteiger partial charge in [0.25, 0.3) is 0 Å². The van der Waals surface area contributed by atoms with Crippen LogP contribution in [0.3, 0.4) is 0 Å². The molecule has 3 aromatic rings. The minimum atomic E-state index is -0.320. The second kappa shape index (κ2) is 6.85. The van der Waals surface area contributed by atoms with E-state index < -0.39 is 0 Å². The molecule has 2 atom stereocenters. The molecule has 0 aliphatic carbocycles. The van der Waals surface area contributed by atoms with Gasteiger partial charge >= 0.3 is 0 Å². The van der Waals surface area contributed by atoms with Gasteiger partial charge in [-0.25, -0.2) is 4.68 Å². The van der Waals surface area contributed by atoms with Crippen LogP contribution in [0.5, 0.6) is 0 Å². The summed E-state index contributed by atoms with van der Waals surface area (Å²) in [5.74, 6) is 0.949. The van der Waals surface area contributed by atoms with Crippen molar-refractivity contribution in [2.24, 2.45) is 0 Å². The molecule has 0 unspecified atom stereocenters. The maximum Gasteiger partial charge on any atom is 0.210 e. The molecular weight excluding hydrogens is 356 g/mol. The molecule has 0 bridgehead atoms. The van der Waals surface area contributed by atoms with E-state index in [-0.39, 0.29) is 22.5 Å². The number of thioether (sulfide) groups is 1. The molecule has 1 aromatic heterocycles. The normalized spacial score (nSPS) is 19.2. The highest BCUT2D eigenvalue weighted by atomic mass is 32.2. The Labute approximate surface area is 163 Å². The topological polar surface area (TPSA) is 59.8 Å². The number of carbonyl (C=O) groups is 1. The molecule has 1 aliphatic heterocycles. The van der Waals surface area contributed by atoms with Crippen LogP contribution >= 0.6 is 11.8 Å². The highest BCUT2D eigenvalue weighted by molar-refractivity contribution is 8.00. The summed E-state index contributed by atoms with van der Waals surface area (Å²) in [7, 11) is 0. The van der Waals surface area contributed by atoms with Crippen molar-refractivity contribution < 1.29 is 4.79 Å². The predicted octanol–water partition coefficient (Wildman–Crippen LogP) is 4.22. The van der Waals surface area contributed by atoms with Gasteiger partial charge in [0.05, 0.1) is 6.04 Å². The average molecular weight is 379 g/mol. The summed E-state index contributed by atoms with van der Waals surface area (Å²) in [6, 6.07) is 19.4. The van der Waals surface area contributed by atoms with Crippen LogP contribution in [0.1, 0.15) is 48.6 Å². The van der Waals surface area contributed by atoms with Gasteiger partial charge in [-0.05, 0) is 5.56 Å². The van der Waals surface area contributed by atoms with E-state index in [0.29, 0.717) is 5.56 Å². The Bertz CT molecular complexity index is 947. The molecule has 2 aromatic carbocycles. The molecule has 0 amide bonds. The molecule has 0 fully saturated rings. The van der Waals surface area contributed by atoms with Crippen molar-refractivity contribution in [3.63, 3.8) is 0 Å². The van der Waals surface area contributed by atoms with Crippen molar-refractivity contribution >= 4 is 17.5 Å². The van der Waals surface area contributed by atoms with Gasteiger partial charge in [0, 0.05) is 11.0 Å². The largest absolute Gasteiger partial charge is 0.313 e. The van der Waals surface area contributed by atoms with E-state index in [0.717, 1.165) is 16.5 Å². The Hall–Kier alpha value is -2.60. The van der Waals surface area contributed by atoms with Gasteiger partial charge in [-0.3, -0.25) is 4.79 Å². The van der Waals surface area contributed by atoms with Crippen molar-refractivity contribution in [3.05, 3.63) is 77.6 Å². The molecule has 5 nitrogen and oxygen atoms in total. The Kier molecular flexibility index (Phi) is 4.52. The maximum absolute atomic E-state index is 13.3. The second-order valence-corrected chi connectivity index (χ2v) is 8.79. The zero-order chi connectivity index (χ0) is 19.0. The number of ketones is 1. The van der Waals surface area contributed by atoms with E-state index >= 15 is 0 Å². The summed E-state index contributed by atoms with van der Waals surface area (Å²) in [6.07, 6.45) is 0. The molecule has 2 heterocycles. The molecule has 0 spiro atoms. The predicted molar refractivity (Wildman–Crippen MR) is 108 cm³/mol. The molecular formula is C21H22N4OS. The zero-order valence-corrected chi connectivity index (χ0v) is 16.4. The summed E-state index contributed by atoms with van der Waals surface area (Å²) in [5.41, 5.74) is 5.14. The first kappa shape index (κ1) is 17.8. The number of rotatable bonds is 3. The molecule has 0 saturated carbocycles. The van der Waals surface area contributed by atoms with Crippen molar-refractivity contribution in [1.82, 2.24) is 14.9 Å². The van der Waals surface area contributed by atoms with Crippen LogP contribution in [0.2, 0.25) is 0 Å². The number of aromatic nitrogens is 3. The lowest BCUT2D eigenvalue weighted by Gasteiger charge is -2.34. The van der Waals surface area contributed by atoms with Crippen molar-refractivity contribution in [3.8, 4) is 0 Å². The standard InChI is InChI=1S/C21H22N4OS/c1-21(2,3)19-22-23-20-25(19)24-16(14-10-6-4-7-11-14)18(27-20)17(26)15-12-8-5-9-13-15/h4-13,16,18,24H,1-3H3/t16-,18+/m0/s1. The van der Waals surface area contributed by atoms with Gasteiger partial charge in [0.1, 0.15) is 5.25 Å². The van der Waals surface area contributed by atoms with Crippen LogP contribution in [0.15, 0.2) is 65.8 Å². The number of nitrogens with one attached hydrogen (secondary N) is 1. The molecule has 1 aliphatic rings. The summed E-state index contributed by atoms with van der Waals surface area (Å²) in [5, 5.41) is 9.12. The Morgan fingerprint density at radius 1 is 1.00 bits per heavy atom. The minimum absolute atomic E-state index is 0.0912. The van der Waals surface area contributed by atoms with Crippen molar-refractivity contribution in [1.29, 1.82) is 0 Å². The Balaban J connectivity index is 1.78. The fourth-order valence-electron chi connectivity index (χ4n) is 3.22. The highest BCUT2D eigenvalue weighted by Crippen LogP contribution is 2.39. The molecule has 0 radical (unpaired) electrons. The smallest absolute Gasteiger partial charge is 0.210 e. The lowest BCUT2D eigenvalue weighted by Crippen LogP contribution is -2.40. The Morgan fingerprint density at radius 3 is 2.26 bits per heavy atom. The van der Waals surface area contributed by atoms with E-state index in [1.54, 1.807) is 0 Å². The fourth-order valence-corrected chi connectivity index (χ4v) is 4.37. The first-order chi connectivity index (χ1) is 12.9. The van der Waals surface area contributed by atoms with E-state index in [1.807, 2.05) is 53.2 Å². The van der Waals surface area contributed by atoms with Crippen LogP contribution in [-0.4, -0.2) is 25.9 Å². The van der Waals surface area contributed by atoms with E-state index in [2.05, 4.69) is 48.5 Å². The highest BCUT2D eigenvalue weighted by Gasteiger charge is 2.39. The summed E-state index contributed by atoms with van der Waals surface area (Å²) < 4.78 is 1.94. The SMILES string of the molecule is CC(C)(C)c1nnc2n1N[C@@H](c1ccccc1)[C@H](C(=O)c1ccccc1)S2. The van der Waals surface area contributed by atoms with Crippen LogP contribution < -0.4 is 5.43 Å². The van der Waals surface area contributed by atoms with Crippen LogP contribution in [0, 0.1) is 0 Å². The summed E-state index contributed by atoms with van der Waals surface area (Å²) in [4.78, 5) is 13.3. The third-order valence-corrected chi connectivity index (χ3v) is 5.80. The zero-order valence-electron chi connectivity index (χ0n) is 15.6. The van der Waals surface area contributed by atoms with Gasteiger partial charge in [0.2, 0.25) is 5.16 Å². The summed E-state index contributed by atoms with van der Waals surface area (Å²) >= 11 is 1.48. The monoisotopic (exact) mass is 378 g/mol.